The highest BCUT2D eigenvalue weighted by Gasteiger charge is 2.08. The molecule has 2 amide bonds. The van der Waals surface area contributed by atoms with Gasteiger partial charge in [0.05, 0.1) is 12.3 Å². The van der Waals surface area contributed by atoms with Gasteiger partial charge in [0, 0.05) is 5.69 Å². The predicted molar refractivity (Wildman–Crippen MR) is 83.1 cm³/mol. The van der Waals surface area contributed by atoms with Crippen molar-refractivity contribution < 1.29 is 23.5 Å². The summed E-state index contributed by atoms with van der Waals surface area (Å²) in [5, 5.41) is 4.93. The molecule has 0 saturated heterocycles. The maximum Gasteiger partial charge on any atom is 0.513 e. The Bertz CT molecular complexity index is 689. The Balaban J connectivity index is 1.91. The highest BCUT2D eigenvalue weighted by Crippen LogP contribution is 2.17. The first kappa shape index (κ1) is 16.3. The van der Waals surface area contributed by atoms with E-state index in [1.807, 2.05) is 0 Å². The second-order valence-electron chi connectivity index (χ2n) is 4.37. The van der Waals surface area contributed by atoms with Crippen LogP contribution < -0.4 is 15.4 Å². The van der Waals surface area contributed by atoms with Crippen LogP contribution >= 0.6 is 0 Å². The van der Waals surface area contributed by atoms with Gasteiger partial charge in [0.25, 0.3) is 0 Å². The number of para-hydroxylation sites is 1. The van der Waals surface area contributed by atoms with Crippen LogP contribution in [0.4, 0.5) is 25.4 Å². The van der Waals surface area contributed by atoms with Crippen LogP contribution in [0.1, 0.15) is 6.92 Å². The van der Waals surface area contributed by atoms with Crippen LogP contribution in [0.5, 0.6) is 5.75 Å². The third kappa shape index (κ3) is 4.99. The minimum Gasteiger partial charge on any atom is -0.434 e. The molecule has 0 bridgehead atoms. The third-order valence-corrected chi connectivity index (χ3v) is 2.70. The Morgan fingerprint density at radius 2 is 1.74 bits per heavy atom. The van der Waals surface area contributed by atoms with Crippen molar-refractivity contribution in [2.24, 2.45) is 0 Å². The summed E-state index contributed by atoms with van der Waals surface area (Å²) >= 11 is 0. The van der Waals surface area contributed by atoms with E-state index in [0.29, 0.717) is 5.69 Å². The van der Waals surface area contributed by atoms with E-state index in [1.165, 1.54) is 42.5 Å². The molecule has 0 aliphatic carbocycles. The number of hydrogen-bond acceptors (Lipinski definition) is 4. The van der Waals surface area contributed by atoms with Crippen LogP contribution in [-0.2, 0) is 4.74 Å². The summed E-state index contributed by atoms with van der Waals surface area (Å²) in [5.41, 5.74) is 0.530. The number of ether oxygens (including phenoxy) is 2. The Morgan fingerprint density at radius 1 is 1.04 bits per heavy atom. The van der Waals surface area contributed by atoms with Crippen molar-refractivity contribution in [2.75, 3.05) is 17.2 Å². The maximum absolute atomic E-state index is 13.4. The molecule has 0 aliphatic rings. The largest absolute Gasteiger partial charge is 0.513 e. The van der Waals surface area contributed by atoms with E-state index in [2.05, 4.69) is 15.4 Å². The lowest BCUT2D eigenvalue weighted by Gasteiger charge is -2.09. The Labute approximate surface area is 132 Å². The highest BCUT2D eigenvalue weighted by molar-refractivity contribution is 5.99. The number of carbonyl (C=O) groups excluding carboxylic acids is 2. The zero-order valence-corrected chi connectivity index (χ0v) is 12.3. The minimum absolute atomic E-state index is 0.0762. The summed E-state index contributed by atoms with van der Waals surface area (Å²) in [5.74, 6) is -0.246. The van der Waals surface area contributed by atoms with Crippen molar-refractivity contribution in [3.8, 4) is 5.75 Å². The lowest BCUT2D eigenvalue weighted by atomic mass is 10.3. The summed E-state index contributed by atoms with van der Waals surface area (Å²) in [6.07, 6.45) is -0.800. The molecule has 120 valence electrons. The average molecular weight is 318 g/mol. The van der Waals surface area contributed by atoms with E-state index in [0.717, 1.165) is 0 Å². The van der Waals surface area contributed by atoms with Crippen molar-refractivity contribution in [1.29, 1.82) is 0 Å². The maximum atomic E-state index is 13.4. The molecule has 6 nitrogen and oxygen atoms in total. The topological polar surface area (TPSA) is 76.7 Å². The van der Waals surface area contributed by atoms with Gasteiger partial charge in [-0.1, -0.05) is 12.1 Å². The monoisotopic (exact) mass is 318 g/mol. The van der Waals surface area contributed by atoms with Crippen molar-refractivity contribution in [3.63, 3.8) is 0 Å². The van der Waals surface area contributed by atoms with Gasteiger partial charge in [-0.05, 0) is 43.3 Å². The van der Waals surface area contributed by atoms with Crippen molar-refractivity contribution in [3.05, 3.63) is 54.3 Å². The van der Waals surface area contributed by atoms with Crippen molar-refractivity contribution in [1.82, 2.24) is 0 Å². The number of nitrogens with one attached hydrogen (secondary N) is 2. The van der Waals surface area contributed by atoms with Gasteiger partial charge >= 0.3 is 12.2 Å². The van der Waals surface area contributed by atoms with E-state index in [1.54, 1.807) is 13.0 Å². The minimum atomic E-state index is -0.800. The Morgan fingerprint density at radius 3 is 2.39 bits per heavy atom. The van der Waals surface area contributed by atoms with Gasteiger partial charge in [-0.25, -0.2) is 14.0 Å². The van der Waals surface area contributed by atoms with Gasteiger partial charge in [0.15, 0.2) is 0 Å². The van der Waals surface area contributed by atoms with E-state index >= 15 is 0 Å². The molecule has 0 spiro atoms. The molecular weight excluding hydrogens is 303 g/mol. The molecule has 7 heteroatoms. The van der Waals surface area contributed by atoms with Crippen LogP contribution in [0.25, 0.3) is 0 Å². The number of amides is 2. The molecule has 0 saturated carbocycles. The number of anilines is 2. The molecule has 0 aromatic heterocycles. The molecule has 2 aromatic rings. The molecule has 2 aromatic carbocycles. The van der Waals surface area contributed by atoms with Gasteiger partial charge in [0.1, 0.15) is 11.6 Å². The molecule has 0 radical (unpaired) electrons. The van der Waals surface area contributed by atoms with E-state index in [-0.39, 0.29) is 18.0 Å². The first-order valence-corrected chi connectivity index (χ1v) is 6.85. The zero-order chi connectivity index (χ0) is 16.7. The first-order chi connectivity index (χ1) is 11.1. The lowest BCUT2D eigenvalue weighted by molar-refractivity contribution is 0.104. The van der Waals surface area contributed by atoms with Crippen LogP contribution in [0, 0.1) is 5.82 Å². The van der Waals surface area contributed by atoms with Gasteiger partial charge < -0.3 is 20.1 Å². The molecular formula is C16H15FN2O4. The van der Waals surface area contributed by atoms with Gasteiger partial charge in [-0.3, -0.25) is 0 Å². The van der Waals surface area contributed by atoms with E-state index in [9.17, 15) is 14.0 Å². The third-order valence-electron chi connectivity index (χ3n) is 2.70. The number of hydrogen-bond donors (Lipinski definition) is 2. The molecule has 0 fully saturated rings. The molecule has 0 heterocycles. The fourth-order valence-corrected chi connectivity index (χ4v) is 1.70. The molecule has 2 rings (SSSR count). The summed E-state index contributed by atoms with van der Waals surface area (Å²) in [6, 6.07) is 11.3. The normalized spacial score (nSPS) is 9.83. The second-order valence-corrected chi connectivity index (χ2v) is 4.37. The quantitative estimate of drug-likeness (QED) is 0.660. The average Bonchev–Trinajstić information content (AvgIpc) is 2.52. The van der Waals surface area contributed by atoms with E-state index in [4.69, 9.17) is 4.74 Å². The summed E-state index contributed by atoms with van der Waals surface area (Å²) in [6.45, 7) is 1.89. The standard InChI is InChI=1S/C16H15FN2O4/c1-2-22-16(21)23-12-9-7-11(8-10-12)18-15(20)19-14-6-4-3-5-13(14)17/h3-10H,2H2,1H3,(H2,18,19,20). The number of urea groups is 1. The zero-order valence-electron chi connectivity index (χ0n) is 12.3. The molecule has 0 aliphatic heterocycles. The van der Waals surface area contributed by atoms with E-state index < -0.39 is 18.0 Å². The van der Waals surface area contributed by atoms with Crippen LogP contribution in [0.2, 0.25) is 0 Å². The van der Waals surface area contributed by atoms with Crippen LogP contribution in [-0.4, -0.2) is 18.8 Å². The number of carbonyl (C=O) groups is 2. The fourth-order valence-electron chi connectivity index (χ4n) is 1.70. The summed E-state index contributed by atoms with van der Waals surface area (Å²) in [4.78, 5) is 22.9. The number of benzene rings is 2. The van der Waals surface area contributed by atoms with Crippen molar-refractivity contribution in [2.45, 2.75) is 6.92 Å². The second kappa shape index (κ2) is 7.79. The van der Waals surface area contributed by atoms with Gasteiger partial charge in [0.2, 0.25) is 0 Å². The number of halogens is 1. The fraction of sp³-hybridized carbons (Fsp3) is 0.125. The molecule has 23 heavy (non-hydrogen) atoms. The summed E-state index contributed by atoms with van der Waals surface area (Å²) < 4.78 is 23.0. The summed E-state index contributed by atoms with van der Waals surface area (Å²) in [7, 11) is 0. The molecule has 0 atom stereocenters. The number of rotatable bonds is 4. The first-order valence-electron chi connectivity index (χ1n) is 6.85. The van der Waals surface area contributed by atoms with Gasteiger partial charge in [-0.15, -0.1) is 0 Å². The molecule has 0 unspecified atom stereocenters. The SMILES string of the molecule is CCOC(=O)Oc1ccc(NC(=O)Nc2ccccc2F)cc1. The lowest BCUT2D eigenvalue weighted by Crippen LogP contribution is -2.20. The highest BCUT2D eigenvalue weighted by atomic mass is 19.1. The molecule has 2 N–H and O–H groups in total. The van der Waals surface area contributed by atoms with Crippen LogP contribution in [0.3, 0.4) is 0 Å². The predicted octanol–water partition coefficient (Wildman–Crippen LogP) is 4.01. The van der Waals surface area contributed by atoms with Gasteiger partial charge in [-0.2, -0.15) is 0 Å². The van der Waals surface area contributed by atoms with Crippen LogP contribution in [0.15, 0.2) is 48.5 Å². The Hall–Kier alpha value is -3.09. The van der Waals surface area contributed by atoms with Crippen molar-refractivity contribution >= 4 is 23.6 Å². The Kier molecular flexibility index (Phi) is 5.51. The smallest absolute Gasteiger partial charge is 0.434 e.